The summed E-state index contributed by atoms with van der Waals surface area (Å²) < 4.78 is 37.8. The van der Waals surface area contributed by atoms with Crippen LogP contribution in [0.3, 0.4) is 0 Å². The van der Waals surface area contributed by atoms with Gasteiger partial charge in [0.05, 0.1) is 46.1 Å². The summed E-state index contributed by atoms with van der Waals surface area (Å²) in [4.78, 5) is 12.9. The highest BCUT2D eigenvalue weighted by Gasteiger charge is 2.18. The van der Waals surface area contributed by atoms with Crippen molar-refractivity contribution in [2.24, 2.45) is 0 Å². The molecule has 3 aromatic carbocycles. The minimum absolute atomic E-state index is 0.0608. The zero-order valence-electron chi connectivity index (χ0n) is 16.5. The van der Waals surface area contributed by atoms with Crippen LogP contribution in [0.2, 0.25) is 10.0 Å². The number of sulfonamides is 1. The van der Waals surface area contributed by atoms with Crippen molar-refractivity contribution in [3.63, 3.8) is 0 Å². The maximum Gasteiger partial charge on any atom is 0.261 e. The Hall–Kier alpha value is -2.94. The van der Waals surface area contributed by atoms with E-state index in [1.807, 2.05) is 0 Å². The monoisotopic (exact) mass is 480 g/mol. The minimum atomic E-state index is -3.78. The normalized spacial score (nSPS) is 11.0. The molecule has 0 atom stereocenters. The van der Waals surface area contributed by atoms with E-state index in [2.05, 4.69) is 10.0 Å². The maximum atomic E-state index is 12.7. The first-order valence-electron chi connectivity index (χ1n) is 8.85. The first-order chi connectivity index (χ1) is 14.7. The Balaban J connectivity index is 1.83. The Bertz CT molecular complexity index is 1220. The second-order valence-corrected chi connectivity index (χ2v) is 8.75. The van der Waals surface area contributed by atoms with Gasteiger partial charge in [-0.2, -0.15) is 0 Å². The van der Waals surface area contributed by atoms with Gasteiger partial charge in [0.2, 0.25) is 0 Å². The van der Waals surface area contributed by atoms with E-state index in [1.165, 1.54) is 56.7 Å². The largest absolute Gasteiger partial charge is 0.495 e. The lowest BCUT2D eigenvalue weighted by atomic mass is 10.2. The van der Waals surface area contributed by atoms with E-state index in [0.29, 0.717) is 22.2 Å². The van der Waals surface area contributed by atoms with Gasteiger partial charge < -0.3 is 14.8 Å². The van der Waals surface area contributed by atoms with E-state index < -0.39 is 15.9 Å². The van der Waals surface area contributed by atoms with Crippen molar-refractivity contribution < 1.29 is 22.7 Å². The third kappa shape index (κ3) is 5.22. The van der Waals surface area contributed by atoms with E-state index in [1.54, 1.807) is 18.2 Å². The van der Waals surface area contributed by atoms with Gasteiger partial charge in [-0.1, -0.05) is 41.4 Å². The third-order valence-corrected chi connectivity index (χ3v) is 6.25. The molecule has 0 spiro atoms. The molecule has 0 aliphatic heterocycles. The lowest BCUT2D eigenvalue weighted by Gasteiger charge is -2.14. The molecule has 162 valence electrons. The van der Waals surface area contributed by atoms with Crippen LogP contribution >= 0.6 is 23.2 Å². The highest BCUT2D eigenvalue weighted by molar-refractivity contribution is 7.92. The SMILES string of the molecule is COc1cc(NC(=O)c2ccc(NS(=O)(=O)c3ccccc3)cc2Cl)c(OC)cc1Cl. The van der Waals surface area contributed by atoms with Crippen molar-refractivity contribution in [3.05, 3.63) is 76.3 Å². The Morgan fingerprint density at radius 1 is 0.871 bits per heavy atom. The van der Waals surface area contributed by atoms with Gasteiger partial charge >= 0.3 is 0 Å². The second kappa shape index (κ2) is 9.47. The van der Waals surface area contributed by atoms with Crippen LogP contribution in [0.25, 0.3) is 0 Å². The van der Waals surface area contributed by atoms with Gasteiger partial charge in [-0.15, -0.1) is 0 Å². The van der Waals surface area contributed by atoms with Gasteiger partial charge in [-0.25, -0.2) is 8.42 Å². The van der Waals surface area contributed by atoms with Crippen molar-refractivity contribution in [1.82, 2.24) is 0 Å². The fourth-order valence-corrected chi connectivity index (χ4v) is 4.29. The molecule has 0 aliphatic rings. The lowest BCUT2D eigenvalue weighted by Crippen LogP contribution is -2.15. The predicted octanol–water partition coefficient (Wildman–Crippen LogP) is 5.06. The lowest BCUT2D eigenvalue weighted by molar-refractivity contribution is 0.102. The van der Waals surface area contributed by atoms with Gasteiger partial charge in [0.1, 0.15) is 11.5 Å². The zero-order chi connectivity index (χ0) is 22.6. The summed E-state index contributed by atoms with van der Waals surface area (Å²) in [5.41, 5.74) is 0.690. The number of carbonyl (C=O) groups excluding carboxylic acids is 1. The number of benzene rings is 3. The summed E-state index contributed by atoms with van der Waals surface area (Å²) in [7, 11) is -0.896. The van der Waals surface area contributed by atoms with Crippen LogP contribution < -0.4 is 19.5 Å². The Morgan fingerprint density at radius 3 is 2.16 bits per heavy atom. The molecule has 0 heterocycles. The second-order valence-electron chi connectivity index (χ2n) is 6.25. The number of rotatable bonds is 7. The first-order valence-corrected chi connectivity index (χ1v) is 11.1. The fourth-order valence-electron chi connectivity index (χ4n) is 2.72. The van der Waals surface area contributed by atoms with Gasteiger partial charge in [-0.3, -0.25) is 9.52 Å². The number of anilines is 2. The number of hydrogen-bond donors (Lipinski definition) is 2. The van der Waals surface area contributed by atoms with Crippen LogP contribution in [-0.2, 0) is 10.0 Å². The van der Waals surface area contributed by atoms with Crippen molar-refractivity contribution in [2.45, 2.75) is 4.90 Å². The summed E-state index contributed by atoms with van der Waals surface area (Å²) in [6.07, 6.45) is 0. The summed E-state index contributed by atoms with van der Waals surface area (Å²) in [5, 5.41) is 3.07. The van der Waals surface area contributed by atoms with E-state index in [4.69, 9.17) is 32.7 Å². The Morgan fingerprint density at radius 2 is 1.55 bits per heavy atom. The topological polar surface area (TPSA) is 93.7 Å². The molecule has 3 aromatic rings. The molecular formula is C21H18Cl2N2O5S. The molecule has 0 saturated heterocycles. The van der Waals surface area contributed by atoms with E-state index in [-0.39, 0.29) is 21.2 Å². The number of carbonyl (C=O) groups is 1. The molecule has 0 aromatic heterocycles. The van der Waals surface area contributed by atoms with Crippen molar-refractivity contribution in [2.75, 3.05) is 24.3 Å². The van der Waals surface area contributed by atoms with Crippen LogP contribution in [0, 0.1) is 0 Å². The van der Waals surface area contributed by atoms with Gasteiger partial charge in [0.25, 0.3) is 15.9 Å². The summed E-state index contributed by atoms with van der Waals surface area (Å²) in [6, 6.07) is 15.2. The number of halogens is 2. The molecule has 1 amide bonds. The molecule has 0 radical (unpaired) electrons. The minimum Gasteiger partial charge on any atom is -0.495 e. The van der Waals surface area contributed by atoms with Gasteiger partial charge in [0, 0.05) is 12.1 Å². The Labute approximate surface area is 189 Å². The number of amides is 1. The van der Waals surface area contributed by atoms with Crippen molar-refractivity contribution >= 4 is 50.5 Å². The van der Waals surface area contributed by atoms with Gasteiger partial charge in [-0.05, 0) is 30.3 Å². The summed E-state index contributed by atoms with van der Waals surface area (Å²) in [5.74, 6) is 0.169. The van der Waals surface area contributed by atoms with Crippen LogP contribution in [-0.4, -0.2) is 28.5 Å². The van der Waals surface area contributed by atoms with Crippen molar-refractivity contribution in [3.8, 4) is 11.5 Å². The first kappa shape index (κ1) is 22.7. The average molecular weight is 481 g/mol. The van der Waals surface area contributed by atoms with Crippen LogP contribution in [0.4, 0.5) is 11.4 Å². The molecule has 7 nitrogen and oxygen atoms in total. The summed E-state index contributed by atoms with van der Waals surface area (Å²) in [6.45, 7) is 0. The molecule has 10 heteroatoms. The molecular weight excluding hydrogens is 463 g/mol. The van der Waals surface area contributed by atoms with E-state index >= 15 is 0 Å². The number of ether oxygens (including phenoxy) is 2. The zero-order valence-corrected chi connectivity index (χ0v) is 18.8. The van der Waals surface area contributed by atoms with E-state index in [9.17, 15) is 13.2 Å². The fraction of sp³-hybridized carbons (Fsp3) is 0.0952. The number of methoxy groups -OCH3 is 2. The molecule has 31 heavy (non-hydrogen) atoms. The standard InChI is InChI=1S/C21H18Cl2N2O5S/c1-29-19-12-18(20(30-2)11-17(19)23)24-21(26)15-9-8-13(10-16(15)22)25-31(27,28)14-6-4-3-5-7-14/h3-12,25H,1-2H3,(H,24,26). The average Bonchev–Trinajstić information content (AvgIpc) is 2.75. The summed E-state index contributed by atoms with van der Waals surface area (Å²) >= 11 is 12.3. The van der Waals surface area contributed by atoms with Crippen LogP contribution in [0.5, 0.6) is 11.5 Å². The molecule has 0 bridgehead atoms. The predicted molar refractivity (Wildman–Crippen MR) is 121 cm³/mol. The van der Waals surface area contributed by atoms with Crippen LogP contribution in [0.15, 0.2) is 65.6 Å². The Kier molecular flexibility index (Phi) is 6.94. The molecule has 2 N–H and O–H groups in total. The quantitative estimate of drug-likeness (QED) is 0.492. The molecule has 0 fully saturated rings. The molecule has 0 aliphatic carbocycles. The number of hydrogen-bond acceptors (Lipinski definition) is 5. The maximum absolute atomic E-state index is 12.7. The molecule has 0 unspecified atom stereocenters. The smallest absolute Gasteiger partial charge is 0.261 e. The van der Waals surface area contributed by atoms with Gasteiger partial charge in [0.15, 0.2) is 0 Å². The number of nitrogens with one attached hydrogen (secondary N) is 2. The highest BCUT2D eigenvalue weighted by atomic mass is 35.5. The van der Waals surface area contributed by atoms with E-state index in [0.717, 1.165) is 0 Å². The highest BCUT2D eigenvalue weighted by Crippen LogP contribution is 2.36. The van der Waals surface area contributed by atoms with Crippen LogP contribution in [0.1, 0.15) is 10.4 Å². The van der Waals surface area contributed by atoms with Crippen molar-refractivity contribution in [1.29, 1.82) is 0 Å². The third-order valence-electron chi connectivity index (χ3n) is 4.24. The molecule has 3 rings (SSSR count). The molecule has 0 saturated carbocycles.